The number of hydrogen-bond donors (Lipinski definition) is 2. The Morgan fingerprint density at radius 3 is 2.39 bits per heavy atom. The molecule has 0 radical (unpaired) electrons. The van der Waals surface area contributed by atoms with Crippen LogP contribution in [0.5, 0.6) is 5.75 Å². The molecule has 2 N–H and O–H groups in total. The van der Waals surface area contributed by atoms with Crippen molar-refractivity contribution in [2.75, 3.05) is 19.0 Å². The number of hydrogen-bond acceptors (Lipinski definition) is 3. The number of aryl methyl sites for hydroxylation is 1. The Balaban J connectivity index is 1.91. The van der Waals surface area contributed by atoms with Crippen molar-refractivity contribution in [1.29, 1.82) is 0 Å². The molecule has 0 spiro atoms. The molecule has 0 aliphatic carbocycles. The minimum Gasteiger partial charge on any atom is -0.483 e. The summed E-state index contributed by atoms with van der Waals surface area (Å²) in [4.78, 5) is 23.4. The molecule has 2 amide bonds. The smallest absolute Gasteiger partial charge is 0.262 e. The van der Waals surface area contributed by atoms with E-state index in [1.54, 1.807) is 31.3 Å². The summed E-state index contributed by atoms with van der Waals surface area (Å²) in [6.45, 7) is 1.98. The second-order valence-electron chi connectivity index (χ2n) is 4.95. The maximum atomic E-state index is 11.9. The molecule has 23 heavy (non-hydrogen) atoms. The average Bonchev–Trinajstić information content (AvgIpc) is 2.60. The molecule has 0 unspecified atom stereocenters. The number of ether oxygens (including phenoxy) is 1. The molecule has 0 aromatic heterocycles. The Bertz CT molecular complexity index is 681. The lowest BCUT2D eigenvalue weighted by Gasteiger charge is -2.10. The lowest BCUT2D eigenvalue weighted by atomic mass is 10.1. The van der Waals surface area contributed by atoms with E-state index in [-0.39, 0.29) is 18.4 Å². The lowest BCUT2D eigenvalue weighted by molar-refractivity contribution is -0.118. The van der Waals surface area contributed by atoms with Crippen molar-refractivity contribution in [2.24, 2.45) is 0 Å². The average molecular weight is 312 g/mol. The predicted molar refractivity (Wildman–Crippen MR) is 89.8 cm³/mol. The number of para-hydroxylation sites is 1. The maximum Gasteiger partial charge on any atom is 0.262 e. The van der Waals surface area contributed by atoms with E-state index in [0.717, 1.165) is 17.7 Å². The molecule has 0 aliphatic heterocycles. The molecule has 120 valence electrons. The van der Waals surface area contributed by atoms with Gasteiger partial charge in [-0.1, -0.05) is 25.1 Å². The van der Waals surface area contributed by atoms with Crippen LogP contribution in [0.25, 0.3) is 0 Å². The molecule has 5 nitrogen and oxygen atoms in total. The lowest BCUT2D eigenvalue weighted by Crippen LogP contribution is -2.21. The summed E-state index contributed by atoms with van der Waals surface area (Å²) in [6, 6.07) is 14.3. The normalized spacial score (nSPS) is 10.0. The first-order chi connectivity index (χ1) is 11.1. The van der Waals surface area contributed by atoms with Crippen LogP contribution < -0.4 is 15.4 Å². The number of carbonyl (C=O) groups excluding carboxylic acids is 2. The van der Waals surface area contributed by atoms with Gasteiger partial charge < -0.3 is 15.4 Å². The van der Waals surface area contributed by atoms with Crippen molar-refractivity contribution in [3.05, 3.63) is 59.7 Å². The third-order valence-corrected chi connectivity index (χ3v) is 3.37. The van der Waals surface area contributed by atoms with Crippen LogP contribution in [0.4, 0.5) is 5.69 Å². The molecule has 2 rings (SSSR count). The van der Waals surface area contributed by atoms with Crippen LogP contribution in [0.3, 0.4) is 0 Å². The van der Waals surface area contributed by atoms with Gasteiger partial charge in [-0.05, 0) is 42.3 Å². The van der Waals surface area contributed by atoms with Crippen LogP contribution in [-0.4, -0.2) is 25.5 Å². The molecular weight excluding hydrogens is 292 g/mol. The van der Waals surface area contributed by atoms with Gasteiger partial charge in [0, 0.05) is 18.3 Å². The number of nitrogens with one attached hydrogen (secondary N) is 2. The summed E-state index contributed by atoms with van der Waals surface area (Å²) in [5.74, 6) is 0.311. The van der Waals surface area contributed by atoms with Crippen molar-refractivity contribution in [3.8, 4) is 5.75 Å². The van der Waals surface area contributed by atoms with Gasteiger partial charge in [0.1, 0.15) is 5.75 Å². The van der Waals surface area contributed by atoms with Crippen molar-refractivity contribution < 1.29 is 14.3 Å². The highest BCUT2D eigenvalue weighted by molar-refractivity contribution is 5.95. The highest BCUT2D eigenvalue weighted by Crippen LogP contribution is 2.18. The van der Waals surface area contributed by atoms with Crippen LogP contribution in [0, 0.1) is 0 Å². The highest BCUT2D eigenvalue weighted by atomic mass is 16.5. The van der Waals surface area contributed by atoms with Gasteiger partial charge in [-0.3, -0.25) is 9.59 Å². The molecule has 0 bridgehead atoms. The largest absolute Gasteiger partial charge is 0.483 e. The van der Waals surface area contributed by atoms with Gasteiger partial charge in [0.15, 0.2) is 6.61 Å². The van der Waals surface area contributed by atoms with Crippen molar-refractivity contribution in [2.45, 2.75) is 13.3 Å². The molecule has 0 saturated carbocycles. The molecule has 2 aromatic rings. The molecule has 0 saturated heterocycles. The zero-order valence-corrected chi connectivity index (χ0v) is 13.3. The summed E-state index contributed by atoms with van der Waals surface area (Å²) in [5.41, 5.74) is 2.23. The SMILES string of the molecule is CCc1ccccc1OCC(=O)Nc1ccc(C(=O)NC)cc1. The summed E-state index contributed by atoms with van der Waals surface area (Å²) < 4.78 is 5.57. The summed E-state index contributed by atoms with van der Waals surface area (Å²) >= 11 is 0. The molecule has 0 atom stereocenters. The van der Waals surface area contributed by atoms with Crippen molar-refractivity contribution >= 4 is 17.5 Å². The zero-order chi connectivity index (χ0) is 16.7. The van der Waals surface area contributed by atoms with Gasteiger partial charge >= 0.3 is 0 Å². The Labute approximate surface area is 135 Å². The number of benzene rings is 2. The first-order valence-electron chi connectivity index (χ1n) is 7.46. The van der Waals surface area contributed by atoms with Gasteiger partial charge in [-0.2, -0.15) is 0 Å². The predicted octanol–water partition coefficient (Wildman–Crippen LogP) is 2.63. The van der Waals surface area contributed by atoms with Crippen LogP contribution in [-0.2, 0) is 11.2 Å². The second-order valence-corrected chi connectivity index (χ2v) is 4.95. The Kier molecular flexibility index (Phi) is 5.74. The minimum absolute atomic E-state index is 0.0613. The first-order valence-corrected chi connectivity index (χ1v) is 7.46. The van der Waals surface area contributed by atoms with Crippen LogP contribution in [0.15, 0.2) is 48.5 Å². The maximum absolute atomic E-state index is 11.9. The van der Waals surface area contributed by atoms with Gasteiger partial charge in [-0.15, -0.1) is 0 Å². The van der Waals surface area contributed by atoms with Crippen LogP contribution >= 0.6 is 0 Å². The summed E-state index contributed by atoms with van der Waals surface area (Å²) in [7, 11) is 1.57. The second kappa shape index (κ2) is 7.98. The van der Waals surface area contributed by atoms with Crippen LogP contribution in [0.2, 0.25) is 0 Å². The van der Waals surface area contributed by atoms with Gasteiger partial charge in [0.2, 0.25) is 0 Å². The van der Waals surface area contributed by atoms with Gasteiger partial charge in [0.25, 0.3) is 11.8 Å². The Morgan fingerprint density at radius 1 is 1.04 bits per heavy atom. The number of anilines is 1. The third-order valence-electron chi connectivity index (χ3n) is 3.37. The van der Waals surface area contributed by atoms with E-state index < -0.39 is 0 Å². The highest BCUT2D eigenvalue weighted by Gasteiger charge is 2.07. The fourth-order valence-electron chi connectivity index (χ4n) is 2.13. The topological polar surface area (TPSA) is 67.4 Å². The fraction of sp³-hybridized carbons (Fsp3) is 0.222. The standard InChI is InChI=1S/C18H20N2O3/c1-3-13-6-4-5-7-16(13)23-12-17(21)20-15-10-8-14(9-11-15)18(22)19-2/h4-11H,3,12H2,1-2H3,(H,19,22)(H,20,21). The van der Waals surface area contributed by atoms with E-state index >= 15 is 0 Å². The van der Waals surface area contributed by atoms with Crippen molar-refractivity contribution in [1.82, 2.24) is 5.32 Å². The molecular formula is C18H20N2O3. The molecule has 5 heteroatoms. The molecule has 0 fully saturated rings. The summed E-state index contributed by atoms with van der Waals surface area (Å²) in [5, 5.41) is 5.28. The first kappa shape index (κ1) is 16.5. The molecule has 0 heterocycles. The van der Waals surface area contributed by atoms with Gasteiger partial charge in [-0.25, -0.2) is 0 Å². The van der Waals surface area contributed by atoms with E-state index in [4.69, 9.17) is 4.74 Å². The molecule has 0 aliphatic rings. The van der Waals surface area contributed by atoms with E-state index in [0.29, 0.717) is 11.3 Å². The number of carbonyl (C=O) groups is 2. The van der Waals surface area contributed by atoms with Gasteiger partial charge in [0.05, 0.1) is 0 Å². The Hall–Kier alpha value is -2.82. The van der Waals surface area contributed by atoms with E-state index in [1.165, 1.54) is 0 Å². The minimum atomic E-state index is -0.247. The quantitative estimate of drug-likeness (QED) is 0.861. The fourth-order valence-corrected chi connectivity index (χ4v) is 2.13. The van der Waals surface area contributed by atoms with E-state index in [9.17, 15) is 9.59 Å². The number of amides is 2. The van der Waals surface area contributed by atoms with E-state index in [1.807, 2.05) is 31.2 Å². The van der Waals surface area contributed by atoms with Crippen molar-refractivity contribution in [3.63, 3.8) is 0 Å². The third kappa shape index (κ3) is 4.57. The Morgan fingerprint density at radius 2 is 1.74 bits per heavy atom. The van der Waals surface area contributed by atoms with Crippen LogP contribution in [0.1, 0.15) is 22.8 Å². The van der Waals surface area contributed by atoms with E-state index in [2.05, 4.69) is 10.6 Å². The molecule has 2 aromatic carbocycles. The summed E-state index contributed by atoms with van der Waals surface area (Å²) in [6.07, 6.45) is 0.846. The zero-order valence-electron chi connectivity index (χ0n) is 13.3. The number of rotatable bonds is 6. The monoisotopic (exact) mass is 312 g/mol.